The van der Waals surface area contributed by atoms with Crippen LogP contribution in [0.1, 0.15) is 25.7 Å². The highest BCUT2D eigenvalue weighted by molar-refractivity contribution is 4.96. The minimum atomic E-state index is -2.20. The largest absolute Gasteiger partial charge is 0.353 e. The number of likely N-dealkylation sites (tertiary alicyclic amines) is 1. The average molecular weight is 232 g/mol. The molecule has 16 heavy (non-hydrogen) atoms. The van der Waals surface area contributed by atoms with Gasteiger partial charge in [-0.3, -0.25) is 0 Å². The predicted octanol–water partition coefficient (Wildman–Crippen LogP) is -1.64. The quantitative estimate of drug-likeness (QED) is 0.321. The Morgan fingerprint density at radius 3 is 1.81 bits per heavy atom. The Hall–Kier alpha value is -0.240. The number of nitrogens with one attached hydrogen (secondary N) is 1. The molecule has 0 unspecified atom stereocenters. The lowest BCUT2D eigenvalue weighted by molar-refractivity contribution is -0.337. The highest BCUT2D eigenvalue weighted by Gasteiger charge is 2.52. The second-order valence-corrected chi connectivity index (χ2v) is 5.42. The van der Waals surface area contributed by atoms with Crippen molar-refractivity contribution in [3.05, 3.63) is 0 Å². The first-order chi connectivity index (χ1) is 7.22. The first-order valence-electron chi connectivity index (χ1n) is 5.60. The van der Waals surface area contributed by atoms with Gasteiger partial charge in [-0.15, -0.1) is 0 Å². The number of hydrogen-bond acceptors (Lipinski definition) is 6. The van der Waals surface area contributed by atoms with Gasteiger partial charge in [0, 0.05) is 12.8 Å². The third-order valence-electron chi connectivity index (χ3n) is 3.69. The summed E-state index contributed by atoms with van der Waals surface area (Å²) >= 11 is 0. The molecule has 6 heteroatoms. The van der Waals surface area contributed by atoms with Crippen molar-refractivity contribution in [1.29, 1.82) is 0 Å². The van der Waals surface area contributed by atoms with Gasteiger partial charge >= 0.3 is 0 Å². The number of hydrogen-bond donors (Lipinski definition) is 5. The molecule has 0 aromatic heterocycles. The lowest BCUT2D eigenvalue weighted by Crippen LogP contribution is -2.67. The van der Waals surface area contributed by atoms with E-state index in [-0.39, 0.29) is 12.8 Å². The van der Waals surface area contributed by atoms with Gasteiger partial charge < -0.3 is 25.3 Å². The van der Waals surface area contributed by atoms with Crippen molar-refractivity contribution >= 4 is 0 Å². The van der Waals surface area contributed by atoms with E-state index >= 15 is 0 Å². The SMILES string of the molecule is CN1CCC2(CC1)CC(O)(O)NC(O)(O)C2. The van der Waals surface area contributed by atoms with Crippen molar-refractivity contribution in [2.75, 3.05) is 20.1 Å². The molecule has 0 saturated carbocycles. The molecule has 5 N–H and O–H groups in total. The van der Waals surface area contributed by atoms with E-state index in [1.165, 1.54) is 0 Å². The van der Waals surface area contributed by atoms with E-state index in [0.717, 1.165) is 25.9 Å². The summed E-state index contributed by atoms with van der Waals surface area (Å²) in [6.07, 6.45) is 1.77. The van der Waals surface area contributed by atoms with Crippen molar-refractivity contribution in [2.24, 2.45) is 5.41 Å². The molecule has 0 bridgehead atoms. The normalized spacial score (nSPS) is 32.8. The minimum Gasteiger partial charge on any atom is -0.353 e. The highest BCUT2D eigenvalue weighted by Crippen LogP contribution is 2.46. The molecular weight excluding hydrogens is 212 g/mol. The van der Waals surface area contributed by atoms with Crippen molar-refractivity contribution < 1.29 is 20.4 Å². The van der Waals surface area contributed by atoms with Crippen LogP contribution >= 0.6 is 0 Å². The van der Waals surface area contributed by atoms with Crippen LogP contribution in [0, 0.1) is 5.41 Å². The van der Waals surface area contributed by atoms with Crippen LogP contribution in [0.4, 0.5) is 0 Å². The molecule has 0 amide bonds. The Bertz CT molecular complexity index is 254. The minimum absolute atomic E-state index is 0.136. The maximum Gasteiger partial charge on any atom is 0.226 e. The summed E-state index contributed by atoms with van der Waals surface area (Å²) in [5, 5.41) is 40.4. The van der Waals surface area contributed by atoms with E-state index in [1.54, 1.807) is 0 Å². The Morgan fingerprint density at radius 2 is 1.38 bits per heavy atom. The monoisotopic (exact) mass is 232 g/mol. The number of piperidine rings is 2. The van der Waals surface area contributed by atoms with Gasteiger partial charge in [-0.05, 0) is 38.4 Å². The first kappa shape index (κ1) is 12.2. The Balaban J connectivity index is 2.15. The van der Waals surface area contributed by atoms with E-state index in [2.05, 4.69) is 4.90 Å². The van der Waals surface area contributed by atoms with Crippen molar-refractivity contribution in [1.82, 2.24) is 10.2 Å². The molecule has 2 rings (SSSR count). The molecule has 0 aromatic rings. The van der Waals surface area contributed by atoms with Crippen LogP contribution in [0.25, 0.3) is 0 Å². The molecule has 2 heterocycles. The predicted molar refractivity (Wildman–Crippen MR) is 55.9 cm³/mol. The first-order valence-corrected chi connectivity index (χ1v) is 5.60. The van der Waals surface area contributed by atoms with Crippen molar-refractivity contribution in [2.45, 2.75) is 37.5 Å². The highest BCUT2D eigenvalue weighted by atomic mass is 16.6. The summed E-state index contributed by atoms with van der Waals surface area (Å²) in [4.78, 5) is 2.15. The Labute approximate surface area is 94.5 Å². The molecular formula is C10H20N2O4. The lowest BCUT2D eigenvalue weighted by atomic mass is 9.69. The smallest absolute Gasteiger partial charge is 0.226 e. The van der Waals surface area contributed by atoms with Crippen LogP contribution in [0.15, 0.2) is 0 Å². The standard InChI is InChI=1S/C10H20N2O4/c1-12-4-2-8(3-5-12)6-9(13,14)11-10(15,16)7-8/h11,13-16H,2-7H2,1H3. The van der Waals surface area contributed by atoms with Gasteiger partial charge in [0.15, 0.2) is 0 Å². The van der Waals surface area contributed by atoms with Crippen LogP contribution in [0.5, 0.6) is 0 Å². The summed E-state index contributed by atoms with van der Waals surface area (Å²) in [5.74, 6) is -4.39. The Morgan fingerprint density at radius 1 is 0.938 bits per heavy atom. The van der Waals surface area contributed by atoms with E-state index in [9.17, 15) is 20.4 Å². The van der Waals surface area contributed by atoms with E-state index < -0.39 is 17.2 Å². The maximum atomic E-state index is 9.60. The lowest BCUT2D eigenvalue weighted by Gasteiger charge is -2.51. The van der Waals surface area contributed by atoms with Crippen LogP contribution in [0.2, 0.25) is 0 Å². The van der Waals surface area contributed by atoms with Crippen LogP contribution in [0.3, 0.4) is 0 Å². The van der Waals surface area contributed by atoms with E-state index in [4.69, 9.17) is 0 Å². The molecule has 0 aromatic carbocycles. The Kier molecular flexibility index (Phi) is 2.77. The third-order valence-corrected chi connectivity index (χ3v) is 3.69. The summed E-state index contributed by atoms with van der Waals surface area (Å²) in [7, 11) is 2.00. The molecule has 2 aliphatic heterocycles. The van der Waals surface area contributed by atoms with Gasteiger partial charge in [0.05, 0.1) is 0 Å². The zero-order chi connectivity index (χ0) is 12.0. The number of nitrogens with zero attached hydrogens (tertiary/aromatic N) is 1. The van der Waals surface area contributed by atoms with E-state index in [0.29, 0.717) is 0 Å². The third kappa shape index (κ3) is 2.53. The molecule has 0 aliphatic carbocycles. The molecule has 2 fully saturated rings. The van der Waals surface area contributed by atoms with Crippen LogP contribution in [-0.2, 0) is 0 Å². The van der Waals surface area contributed by atoms with Crippen LogP contribution in [-0.4, -0.2) is 57.3 Å². The van der Waals surface area contributed by atoms with Crippen molar-refractivity contribution in [3.8, 4) is 0 Å². The fourth-order valence-corrected chi connectivity index (χ4v) is 2.96. The zero-order valence-electron chi connectivity index (χ0n) is 9.48. The van der Waals surface area contributed by atoms with Gasteiger partial charge in [0.25, 0.3) is 0 Å². The van der Waals surface area contributed by atoms with Gasteiger partial charge in [-0.25, -0.2) is 5.32 Å². The second-order valence-electron chi connectivity index (χ2n) is 5.42. The fourth-order valence-electron chi connectivity index (χ4n) is 2.96. The molecule has 2 aliphatic rings. The summed E-state index contributed by atoms with van der Waals surface area (Å²) < 4.78 is 0. The number of rotatable bonds is 0. The van der Waals surface area contributed by atoms with E-state index in [1.807, 2.05) is 12.4 Å². The summed E-state index contributed by atoms with van der Waals surface area (Å²) in [5.41, 5.74) is -0.398. The van der Waals surface area contributed by atoms with Gasteiger partial charge in [-0.1, -0.05) is 0 Å². The topological polar surface area (TPSA) is 96.2 Å². The fraction of sp³-hybridized carbons (Fsp3) is 1.00. The van der Waals surface area contributed by atoms with Crippen LogP contribution < -0.4 is 5.32 Å². The van der Waals surface area contributed by atoms with Gasteiger partial charge in [0.2, 0.25) is 11.8 Å². The van der Waals surface area contributed by atoms with Gasteiger partial charge in [0.1, 0.15) is 0 Å². The molecule has 0 radical (unpaired) electrons. The number of aliphatic hydroxyl groups is 4. The molecule has 1 spiro atoms. The summed E-state index contributed by atoms with van der Waals surface area (Å²) in [6, 6.07) is 0. The molecule has 6 nitrogen and oxygen atoms in total. The average Bonchev–Trinajstić information content (AvgIpc) is 2.05. The molecule has 2 saturated heterocycles. The van der Waals surface area contributed by atoms with Gasteiger partial charge in [-0.2, -0.15) is 0 Å². The van der Waals surface area contributed by atoms with Crippen molar-refractivity contribution in [3.63, 3.8) is 0 Å². The maximum absolute atomic E-state index is 9.60. The summed E-state index contributed by atoms with van der Waals surface area (Å²) in [6.45, 7) is 1.68. The molecule has 0 atom stereocenters. The molecule has 94 valence electrons. The second kappa shape index (κ2) is 3.63. The zero-order valence-corrected chi connectivity index (χ0v) is 9.48.